The highest BCUT2D eigenvalue weighted by Crippen LogP contribution is 2.28. The highest BCUT2D eigenvalue weighted by molar-refractivity contribution is 9.10. The van der Waals surface area contributed by atoms with Crippen molar-refractivity contribution in [1.29, 1.82) is 0 Å². The number of carbonyl (C=O) groups excluding carboxylic acids is 3. The summed E-state index contributed by atoms with van der Waals surface area (Å²) >= 11 is 3.34. The lowest BCUT2D eigenvalue weighted by Gasteiger charge is -2.25. The topological polar surface area (TPSA) is 75.7 Å². The number of halogens is 1. The van der Waals surface area contributed by atoms with Gasteiger partial charge in [-0.25, -0.2) is 4.79 Å². The number of nitrogens with one attached hydrogen (secondary N) is 1. The van der Waals surface area contributed by atoms with E-state index >= 15 is 0 Å². The maximum absolute atomic E-state index is 12.7. The van der Waals surface area contributed by atoms with Crippen LogP contribution in [0.25, 0.3) is 0 Å². The first-order chi connectivity index (χ1) is 11.9. The van der Waals surface area contributed by atoms with Gasteiger partial charge in [0, 0.05) is 4.47 Å². The van der Waals surface area contributed by atoms with E-state index in [1.54, 1.807) is 0 Å². The van der Waals surface area contributed by atoms with Crippen LogP contribution in [0.4, 0.5) is 4.79 Å². The second kappa shape index (κ2) is 8.47. The number of nitrogens with zero attached hydrogens (tertiary/aromatic N) is 1. The molecule has 1 aliphatic rings. The van der Waals surface area contributed by atoms with Crippen LogP contribution in [0.3, 0.4) is 0 Å². The SMILES string of the molecule is CCCC1(CCC)NC(=O)N(CC(=O)OCc2ccc(Br)cc2)C1=O. The molecule has 2 rings (SSSR count). The number of hydrogen-bond acceptors (Lipinski definition) is 4. The molecule has 0 atom stereocenters. The first-order valence-corrected chi connectivity index (χ1v) is 9.25. The van der Waals surface area contributed by atoms with Crippen molar-refractivity contribution in [3.8, 4) is 0 Å². The molecule has 1 aromatic carbocycles. The van der Waals surface area contributed by atoms with E-state index in [0.29, 0.717) is 12.8 Å². The molecule has 1 aliphatic heterocycles. The molecule has 1 N–H and O–H groups in total. The third kappa shape index (κ3) is 4.60. The number of carbonyl (C=O) groups is 3. The molecule has 7 heteroatoms. The van der Waals surface area contributed by atoms with Gasteiger partial charge in [-0.05, 0) is 30.5 Å². The van der Waals surface area contributed by atoms with E-state index in [4.69, 9.17) is 4.74 Å². The lowest BCUT2D eigenvalue weighted by Crippen LogP contribution is -2.47. The molecule has 6 nitrogen and oxygen atoms in total. The van der Waals surface area contributed by atoms with Gasteiger partial charge in [0.15, 0.2) is 0 Å². The van der Waals surface area contributed by atoms with Gasteiger partial charge >= 0.3 is 12.0 Å². The van der Waals surface area contributed by atoms with Gasteiger partial charge in [-0.1, -0.05) is 54.8 Å². The van der Waals surface area contributed by atoms with Crippen LogP contribution in [0.1, 0.15) is 45.1 Å². The number of esters is 1. The maximum Gasteiger partial charge on any atom is 0.326 e. The Kier molecular flexibility index (Phi) is 6.58. The molecule has 1 saturated heterocycles. The molecule has 0 aromatic heterocycles. The van der Waals surface area contributed by atoms with E-state index in [1.165, 1.54) is 0 Å². The quantitative estimate of drug-likeness (QED) is 0.526. The second-order valence-corrected chi connectivity index (χ2v) is 7.11. The third-order valence-corrected chi connectivity index (χ3v) is 4.73. The third-order valence-electron chi connectivity index (χ3n) is 4.20. The summed E-state index contributed by atoms with van der Waals surface area (Å²) in [6.07, 6.45) is 2.67. The van der Waals surface area contributed by atoms with Crippen LogP contribution in [0.5, 0.6) is 0 Å². The van der Waals surface area contributed by atoms with Gasteiger partial charge in [-0.15, -0.1) is 0 Å². The fourth-order valence-electron chi connectivity index (χ4n) is 3.06. The molecule has 0 bridgehead atoms. The number of amides is 3. The molecule has 1 fully saturated rings. The van der Waals surface area contributed by atoms with Crippen LogP contribution in [-0.2, 0) is 20.9 Å². The zero-order valence-electron chi connectivity index (χ0n) is 14.5. The minimum atomic E-state index is -0.882. The zero-order chi connectivity index (χ0) is 18.4. The standard InChI is InChI=1S/C18H23BrN2O4/c1-3-9-18(10-4-2)16(23)21(17(24)20-18)11-15(22)25-12-13-5-7-14(19)8-6-13/h5-8H,3-4,9-12H2,1-2H3,(H,20,24). The smallest absolute Gasteiger partial charge is 0.326 e. The van der Waals surface area contributed by atoms with E-state index in [0.717, 1.165) is 27.8 Å². The minimum absolute atomic E-state index is 0.102. The Balaban J connectivity index is 1.96. The second-order valence-electron chi connectivity index (χ2n) is 6.19. The Morgan fingerprint density at radius 1 is 1.16 bits per heavy atom. The van der Waals surface area contributed by atoms with Crippen LogP contribution in [0.2, 0.25) is 0 Å². The highest BCUT2D eigenvalue weighted by atomic mass is 79.9. The fraction of sp³-hybridized carbons (Fsp3) is 0.500. The molecular formula is C18H23BrN2O4. The molecule has 136 valence electrons. The van der Waals surface area contributed by atoms with Gasteiger partial charge in [0.05, 0.1) is 0 Å². The van der Waals surface area contributed by atoms with Gasteiger partial charge in [0.2, 0.25) is 0 Å². The van der Waals surface area contributed by atoms with E-state index in [-0.39, 0.29) is 19.1 Å². The first-order valence-electron chi connectivity index (χ1n) is 8.46. The predicted molar refractivity (Wildman–Crippen MR) is 96.7 cm³/mol. The molecule has 0 unspecified atom stereocenters. The van der Waals surface area contributed by atoms with Crippen LogP contribution in [0, 0.1) is 0 Å². The maximum atomic E-state index is 12.7. The summed E-state index contributed by atoms with van der Waals surface area (Å²) in [5.41, 5.74) is -0.0490. The number of hydrogen-bond donors (Lipinski definition) is 1. The van der Waals surface area contributed by atoms with E-state index in [9.17, 15) is 14.4 Å². The molecule has 3 amide bonds. The largest absolute Gasteiger partial charge is 0.459 e. The number of ether oxygens (including phenoxy) is 1. The van der Waals surface area contributed by atoms with Gasteiger partial charge in [0.25, 0.3) is 5.91 Å². The van der Waals surface area contributed by atoms with Gasteiger partial charge in [-0.3, -0.25) is 14.5 Å². The number of benzene rings is 1. The Labute approximate surface area is 156 Å². The van der Waals surface area contributed by atoms with Crippen molar-refractivity contribution < 1.29 is 19.1 Å². The van der Waals surface area contributed by atoms with Gasteiger partial charge < -0.3 is 10.1 Å². The van der Waals surface area contributed by atoms with Crippen molar-refractivity contribution in [2.75, 3.05) is 6.54 Å². The summed E-state index contributed by atoms with van der Waals surface area (Å²) < 4.78 is 6.12. The van der Waals surface area contributed by atoms with Crippen LogP contribution >= 0.6 is 15.9 Å². The van der Waals surface area contributed by atoms with Crippen LogP contribution in [-0.4, -0.2) is 34.9 Å². The Hall–Kier alpha value is -1.89. The summed E-state index contributed by atoms with van der Waals surface area (Å²) in [6.45, 7) is 3.67. The summed E-state index contributed by atoms with van der Waals surface area (Å²) in [6, 6.07) is 6.85. The molecule has 1 aromatic rings. The van der Waals surface area contributed by atoms with Crippen molar-refractivity contribution >= 4 is 33.8 Å². The molecule has 25 heavy (non-hydrogen) atoms. The zero-order valence-corrected chi connectivity index (χ0v) is 16.1. The number of rotatable bonds is 8. The van der Waals surface area contributed by atoms with Gasteiger partial charge in [0.1, 0.15) is 18.7 Å². The normalized spacial score (nSPS) is 16.0. The average Bonchev–Trinajstić information content (AvgIpc) is 2.79. The predicted octanol–water partition coefficient (Wildman–Crippen LogP) is 3.38. The Morgan fingerprint density at radius 3 is 2.32 bits per heavy atom. The Morgan fingerprint density at radius 2 is 1.76 bits per heavy atom. The first kappa shape index (κ1) is 19.4. The van der Waals surface area contributed by atoms with Crippen molar-refractivity contribution in [3.63, 3.8) is 0 Å². The van der Waals surface area contributed by atoms with Crippen molar-refractivity contribution in [2.24, 2.45) is 0 Å². The van der Waals surface area contributed by atoms with Crippen molar-refractivity contribution in [1.82, 2.24) is 10.2 Å². The average molecular weight is 411 g/mol. The molecule has 0 aliphatic carbocycles. The monoisotopic (exact) mass is 410 g/mol. The minimum Gasteiger partial charge on any atom is -0.459 e. The summed E-state index contributed by atoms with van der Waals surface area (Å²) in [4.78, 5) is 37.9. The Bertz CT molecular complexity index is 639. The molecular weight excluding hydrogens is 388 g/mol. The molecule has 0 radical (unpaired) electrons. The fourth-order valence-corrected chi connectivity index (χ4v) is 3.32. The number of imide groups is 1. The van der Waals surface area contributed by atoms with Crippen LogP contribution in [0.15, 0.2) is 28.7 Å². The summed E-state index contributed by atoms with van der Waals surface area (Å²) in [7, 11) is 0. The molecule has 0 spiro atoms. The van der Waals surface area contributed by atoms with Gasteiger partial charge in [-0.2, -0.15) is 0 Å². The lowest BCUT2D eigenvalue weighted by atomic mass is 9.88. The van der Waals surface area contributed by atoms with E-state index in [2.05, 4.69) is 21.2 Å². The molecule has 0 saturated carbocycles. The van der Waals surface area contributed by atoms with Crippen molar-refractivity contribution in [3.05, 3.63) is 34.3 Å². The van der Waals surface area contributed by atoms with Crippen molar-refractivity contribution in [2.45, 2.75) is 51.7 Å². The lowest BCUT2D eigenvalue weighted by molar-refractivity contribution is -0.149. The van der Waals surface area contributed by atoms with E-state index < -0.39 is 17.5 Å². The van der Waals surface area contributed by atoms with Crippen LogP contribution < -0.4 is 5.32 Å². The number of urea groups is 1. The molecule has 1 heterocycles. The van der Waals surface area contributed by atoms with E-state index in [1.807, 2.05) is 38.1 Å². The summed E-state index contributed by atoms with van der Waals surface area (Å²) in [5, 5.41) is 2.78. The highest BCUT2D eigenvalue weighted by Gasteiger charge is 2.50. The summed E-state index contributed by atoms with van der Waals surface area (Å²) in [5.74, 6) is -0.933.